The maximum absolute atomic E-state index is 12.4. The van der Waals surface area contributed by atoms with E-state index in [0.717, 1.165) is 12.8 Å². The number of nitrogens with zero attached hydrogens (tertiary/aromatic N) is 1. The Hall–Kier alpha value is -2.19. The first-order valence-electron chi connectivity index (χ1n) is 7.38. The number of nitrogens with one attached hydrogen (secondary N) is 1. The molecule has 2 rings (SSSR count). The molecule has 5 nitrogen and oxygen atoms in total. The van der Waals surface area contributed by atoms with Crippen LogP contribution >= 0.6 is 0 Å². The van der Waals surface area contributed by atoms with Gasteiger partial charge in [0.15, 0.2) is 0 Å². The Kier molecular flexibility index (Phi) is 4.94. The molecule has 2 amide bonds. The highest BCUT2D eigenvalue weighted by atomic mass is 16.5. The molecule has 1 aliphatic heterocycles. The number of aliphatic hydroxyl groups is 1. The first-order chi connectivity index (χ1) is 10.4. The van der Waals surface area contributed by atoms with Crippen LogP contribution in [-0.2, 0) is 0 Å². The van der Waals surface area contributed by atoms with Gasteiger partial charge >= 0.3 is 6.03 Å². The van der Waals surface area contributed by atoms with Gasteiger partial charge in [-0.1, -0.05) is 5.92 Å². The van der Waals surface area contributed by atoms with Crippen molar-refractivity contribution in [2.45, 2.75) is 38.3 Å². The van der Waals surface area contributed by atoms with E-state index in [1.807, 2.05) is 0 Å². The molecule has 1 saturated heterocycles. The van der Waals surface area contributed by atoms with Crippen LogP contribution < -0.4 is 10.1 Å². The van der Waals surface area contributed by atoms with E-state index < -0.39 is 5.60 Å². The molecule has 0 spiro atoms. The predicted molar refractivity (Wildman–Crippen MR) is 85.8 cm³/mol. The molecular weight excluding hydrogens is 280 g/mol. The van der Waals surface area contributed by atoms with Gasteiger partial charge in [-0.15, -0.1) is 6.42 Å². The van der Waals surface area contributed by atoms with Gasteiger partial charge in [-0.3, -0.25) is 0 Å². The molecule has 0 saturated carbocycles. The van der Waals surface area contributed by atoms with Crippen LogP contribution in [0.2, 0.25) is 0 Å². The Balaban J connectivity index is 1.98. The first kappa shape index (κ1) is 16.2. The maximum atomic E-state index is 12.4. The normalized spacial score (nSPS) is 17.9. The molecule has 1 aromatic carbocycles. The van der Waals surface area contributed by atoms with Crippen molar-refractivity contribution in [1.29, 1.82) is 0 Å². The lowest BCUT2D eigenvalue weighted by Gasteiger charge is -2.33. The smallest absolute Gasteiger partial charge is 0.322 e. The minimum Gasteiger partial charge on any atom is -0.481 e. The molecule has 1 aromatic rings. The number of terminal acetylenes is 1. The van der Waals surface area contributed by atoms with Gasteiger partial charge in [0.2, 0.25) is 0 Å². The van der Waals surface area contributed by atoms with Gasteiger partial charge in [-0.25, -0.2) is 4.79 Å². The van der Waals surface area contributed by atoms with Crippen molar-refractivity contribution < 1.29 is 14.6 Å². The van der Waals surface area contributed by atoms with Crippen molar-refractivity contribution in [1.82, 2.24) is 4.90 Å². The zero-order chi connectivity index (χ0) is 16.2. The molecule has 0 aliphatic carbocycles. The minimum atomic E-state index is -0.902. The van der Waals surface area contributed by atoms with Crippen LogP contribution in [0.3, 0.4) is 0 Å². The Morgan fingerprint density at radius 3 is 2.77 bits per heavy atom. The highest BCUT2D eigenvalue weighted by molar-refractivity contribution is 5.89. The fourth-order valence-corrected chi connectivity index (χ4v) is 2.70. The lowest BCUT2D eigenvalue weighted by Crippen LogP contribution is -2.49. The summed E-state index contributed by atoms with van der Waals surface area (Å²) in [4.78, 5) is 14.1. The third-order valence-electron chi connectivity index (χ3n) is 3.76. The number of likely N-dealkylation sites (tertiary alicyclic amines) is 1. The summed E-state index contributed by atoms with van der Waals surface area (Å²) in [6.45, 7) is 4.35. The molecule has 1 atom stereocenters. The summed E-state index contributed by atoms with van der Waals surface area (Å²) in [6.07, 6.45) is 6.85. The molecule has 1 heterocycles. The van der Waals surface area contributed by atoms with Crippen LogP contribution in [0.15, 0.2) is 24.3 Å². The zero-order valence-corrected chi connectivity index (χ0v) is 13.0. The number of rotatable bonds is 4. The SMILES string of the molecule is C#CCOc1ccc(NC(=O)N2CCCC2C(C)(C)O)cc1. The second-order valence-electron chi connectivity index (χ2n) is 5.95. The molecule has 0 bridgehead atoms. The standard InChI is InChI=1S/C17H22N2O3/c1-4-12-22-14-9-7-13(8-10-14)18-16(20)19-11-5-6-15(19)17(2,3)21/h1,7-10,15,21H,5-6,11-12H2,2-3H3,(H,18,20). The molecule has 2 N–H and O–H groups in total. The summed E-state index contributed by atoms with van der Waals surface area (Å²) >= 11 is 0. The molecule has 118 valence electrons. The van der Waals surface area contributed by atoms with Gasteiger partial charge in [-0.2, -0.15) is 0 Å². The third-order valence-corrected chi connectivity index (χ3v) is 3.76. The highest BCUT2D eigenvalue weighted by Crippen LogP contribution is 2.27. The molecule has 1 aliphatic rings. The van der Waals surface area contributed by atoms with Crippen molar-refractivity contribution in [3.8, 4) is 18.1 Å². The molecule has 1 fully saturated rings. The first-order valence-corrected chi connectivity index (χ1v) is 7.38. The van der Waals surface area contributed by atoms with Gasteiger partial charge < -0.3 is 20.1 Å². The molecule has 22 heavy (non-hydrogen) atoms. The maximum Gasteiger partial charge on any atom is 0.322 e. The largest absolute Gasteiger partial charge is 0.481 e. The topological polar surface area (TPSA) is 61.8 Å². The van der Waals surface area contributed by atoms with E-state index in [1.165, 1.54) is 0 Å². The van der Waals surface area contributed by atoms with Crippen molar-refractivity contribution in [2.75, 3.05) is 18.5 Å². The van der Waals surface area contributed by atoms with Gasteiger partial charge in [0, 0.05) is 12.2 Å². The second-order valence-corrected chi connectivity index (χ2v) is 5.95. The monoisotopic (exact) mass is 302 g/mol. The average Bonchev–Trinajstić information content (AvgIpc) is 2.96. The van der Waals surface area contributed by atoms with Crippen molar-refractivity contribution >= 4 is 11.7 Å². The summed E-state index contributed by atoms with van der Waals surface area (Å²) < 4.78 is 5.28. The zero-order valence-electron chi connectivity index (χ0n) is 13.0. The molecule has 0 radical (unpaired) electrons. The molecule has 5 heteroatoms. The minimum absolute atomic E-state index is 0.161. The van der Waals surface area contributed by atoms with Crippen molar-refractivity contribution in [3.05, 3.63) is 24.3 Å². The van der Waals surface area contributed by atoms with E-state index in [4.69, 9.17) is 11.2 Å². The van der Waals surface area contributed by atoms with Crippen LogP contribution in [0.5, 0.6) is 5.75 Å². The van der Waals surface area contributed by atoms with Crippen LogP contribution in [0, 0.1) is 12.3 Å². The van der Waals surface area contributed by atoms with E-state index >= 15 is 0 Å². The predicted octanol–water partition coefficient (Wildman–Crippen LogP) is 2.47. The number of urea groups is 1. The number of hydrogen-bond acceptors (Lipinski definition) is 3. The number of carbonyl (C=O) groups is 1. The van der Waals surface area contributed by atoms with Crippen molar-refractivity contribution in [2.24, 2.45) is 0 Å². The van der Waals surface area contributed by atoms with E-state index in [2.05, 4.69) is 11.2 Å². The fourth-order valence-electron chi connectivity index (χ4n) is 2.70. The third kappa shape index (κ3) is 3.92. The fraction of sp³-hybridized carbons (Fsp3) is 0.471. The summed E-state index contributed by atoms with van der Waals surface area (Å²) in [5.41, 5.74) is -0.222. The van der Waals surface area contributed by atoms with Gasteiger partial charge in [0.05, 0.1) is 11.6 Å². The number of benzene rings is 1. The second kappa shape index (κ2) is 6.71. The van der Waals surface area contributed by atoms with E-state index in [1.54, 1.807) is 43.0 Å². The Labute approximate surface area is 131 Å². The van der Waals surface area contributed by atoms with Crippen LogP contribution in [0.25, 0.3) is 0 Å². The van der Waals surface area contributed by atoms with Crippen LogP contribution in [0.1, 0.15) is 26.7 Å². The van der Waals surface area contributed by atoms with Crippen LogP contribution in [0.4, 0.5) is 10.5 Å². The van der Waals surface area contributed by atoms with E-state index in [-0.39, 0.29) is 18.7 Å². The van der Waals surface area contributed by atoms with Gasteiger partial charge in [-0.05, 0) is 51.0 Å². The summed E-state index contributed by atoms with van der Waals surface area (Å²) in [5, 5.41) is 13.0. The van der Waals surface area contributed by atoms with E-state index in [0.29, 0.717) is 18.0 Å². The Morgan fingerprint density at radius 2 is 2.18 bits per heavy atom. The van der Waals surface area contributed by atoms with Gasteiger partial charge in [0.1, 0.15) is 12.4 Å². The van der Waals surface area contributed by atoms with E-state index in [9.17, 15) is 9.90 Å². The molecule has 1 unspecified atom stereocenters. The van der Waals surface area contributed by atoms with Crippen LogP contribution in [-0.4, -0.2) is 40.8 Å². The number of amides is 2. The average molecular weight is 302 g/mol. The quantitative estimate of drug-likeness (QED) is 0.840. The summed E-state index contributed by atoms with van der Waals surface area (Å²) in [6, 6.07) is 6.68. The number of hydrogen-bond donors (Lipinski definition) is 2. The summed E-state index contributed by atoms with van der Waals surface area (Å²) in [7, 11) is 0. The summed E-state index contributed by atoms with van der Waals surface area (Å²) in [5.74, 6) is 3.06. The lowest BCUT2D eigenvalue weighted by atomic mass is 9.97. The highest BCUT2D eigenvalue weighted by Gasteiger charge is 2.38. The molecule has 0 aromatic heterocycles. The van der Waals surface area contributed by atoms with Crippen molar-refractivity contribution in [3.63, 3.8) is 0 Å². The Bertz CT molecular complexity index is 555. The number of ether oxygens (including phenoxy) is 1. The lowest BCUT2D eigenvalue weighted by molar-refractivity contribution is 0.0117. The van der Waals surface area contributed by atoms with Gasteiger partial charge in [0.25, 0.3) is 0 Å². The molecular formula is C17H22N2O3. The Morgan fingerprint density at radius 1 is 1.50 bits per heavy atom. The number of anilines is 1. The number of carbonyl (C=O) groups excluding carboxylic acids is 1.